The molecule has 0 atom stereocenters. The maximum absolute atomic E-state index is 12.5. The van der Waals surface area contributed by atoms with E-state index in [-0.39, 0.29) is 29.8 Å². The van der Waals surface area contributed by atoms with Crippen LogP contribution in [0.5, 0.6) is 0 Å². The summed E-state index contributed by atoms with van der Waals surface area (Å²) in [7, 11) is 0. The summed E-state index contributed by atoms with van der Waals surface area (Å²) in [5.74, 6) is -0.0616. The summed E-state index contributed by atoms with van der Waals surface area (Å²) in [6.07, 6.45) is 24.7. The van der Waals surface area contributed by atoms with Gasteiger partial charge in [-0.15, -0.1) is 0 Å². The molecule has 0 amide bonds. The molecule has 1 rings (SSSR count). The van der Waals surface area contributed by atoms with Crippen molar-refractivity contribution in [2.75, 3.05) is 6.61 Å². The van der Waals surface area contributed by atoms with Gasteiger partial charge in [0, 0.05) is 30.3 Å². The number of ether oxygens (including phenoxy) is 1. The average Bonchev–Trinajstić information content (AvgIpc) is 2.78. The Kier molecular flexibility index (Phi) is 17.4. The lowest BCUT2D eigenvalue weighted by Crippen LogP contribution is -2.62. The lowest BCUT2D eigenvalue weighted by molar-refractivity contribution is -0.306. The van der Waals surface area contributed by atoms with Crippen LogP contribution in [0.15, 0.2) is 0 Å². The molecule has 0 aliphatic carbocycles. The molecular weight excluding hydrogens is 474 g/mol. The van der Waals surface area contributed by atoms with Crippen molar-refractivity contribution >= 4 is 5.97 Å². The summed E-state index contributed by atoms with van der Waals surface area (Å²) < 4.78 is 5.91. The van der Waals surface area contributed by atoms with Crippen molar-refractivity contribution in [3.05, 3.63) is 0 Å². The molecule has 1 heterocycles. The van der Waals surface area contributed by atoms with E-state index in [0.717, 1.165) is 25.7 Å². The Hall–Kier alpha value is -0.650. The number of hydroxylamine groups is 2. The van der Waals surface area contributed by atoms with Gasteiger partial charge in [-0.3, -0.25) is 9.63 Å². The average molecular weight is 540 g/mol. The molecule has 5 heteroatoms. The molecule has 0 aromatic rings. The van der Waals surface area contributed by atoms with Gasteiger partial charge in [-0.25, -0.2) is 0 Å². The Morgan fingerprint density at radius 1 is 0.737 bits per heavy atom. The van der Waals surface area contributed by atoms with E-state index in [1.807, 2.05) is 5.06 Å². The van der Waals surface area contributed by atoms with Gasteiger partial charge in [0.2, 0.25) is 0 Å². The molecule has 0 spiro atoms. The first kappa shape index (κ1) is 35.4. The van der Waals surface area contributed by atoms with Crippen LogP contribution < -0.4 is 0 Å². The largest absolute Gasteiger partial charge is 0.462 e. The third-order valence-electron chi connectivity index (χ3n) is 7.88. The smallest absolute Gasteiger partial charge is 0.306 e. The Labute approximate surface area is 236 Å². The van der Waals surface area contributed by atoms with Crippen molar-refractivity contribution < 1.29 is 19.5 Å². The highest BCUT2D eigenvalue weighted by Gasteiger charge is 2.48. The number of carbonyl (C=O) groups excluding carboxylic acids is 1. The van der Waals surface area contributed by atoms with Gasteiger partial charge < -0.3 is 9.84 Å². The fourth-order valence-corrected chi connectivity index (χ4v) is 6.07. The van der Waals surface area contributed by atoms with Crippen molar-refractivity contribution in [1.29, 1.82) is 0 Å². The van der Waals surface area contributed by atoms with E-state index >= 15 is 0 Å². The second-order valence-electron chi connectivity index (χ2n) is 13.9. The Balaban J connectivity index is 2.06. The molecule has 0 aromatic carbocycles. The van der Waals surface area contributed by atoms with E-state index in [1.54, 1.807) is 13.8 Å². The molecule has 0 aromatic heterocycles. The van der Waals surface area contributed by atoms with Gasteiger partial charge in [0.15, 0.2) is 0 Å². The van der Waals surface area contributed by atoms with Crippen molar-refractivity contribution in [3.63, 3.8) is 0 Å². The fourth-order valence-electron chi connectivity index (χ4n) is 6.07. The molecule has 0 bridgehead atoms. The van der Waals surface area contributed by atoms with Crippen LogP contribution in [-0.4, -0.2) is 45.5 Å². The van der Waals surface area contributed by atoms with Crippen molar-refractivity contribution in [2.24, 2.45) is 0 Å². The summed E-state index contributed by atoms with van der Waals surface area (Å²) in [4.78, 5) is 18.6. The number of esters is 1. The topological polar surface area (TPSA) is 59.0 Å². The Morgan fingerprint density at radius 2 is 1.11 bits per heavy atom. The monoisotopic (exact) mass is 539 g/mol. The molecular formula is C33H65NO4. The van der Waals surface area contributed by atoms with E-state index < -0.39 is 5.60 Å². The minimum Gasteiger partial charge on any atom is -0.462 e. The van der Waals surface area contributed by atoms with Gasteiger partial charge >= 0.3 is 5.97 Å². The van der Waals surface area contributed by atoms with E-state index in [4.69, 9.17) is 9.57 Å². The third kappa shape index (κ3) is 16.5. The molecule has 1 fully saturated rings. The van der Waals surface area contributed by atoms with E-state index in [1.165, 1.54) is 96.3 Å². The van der Waals surface area contributed by atoms with Crippen molar-refractivity contribution in [1.82, 2.24) is 5.06 Å². The van der Waals surface area contributed by atoms with E-state index in [2.05, 4.69) is 34.6 Å². The van der Waals surface area contributed by atoms with Crippen LogP contribution >= 0.6 is 0 Å². The zero-order valence-corrected chi connectivity index (χ0v) is 26.5. The normalized spacial score (nSPS) is 18.1. The van der Waals surface area contributed by atoms with Gasteiger partial charge in [-0.1, -0.05) is 110 Å². The van der Waals surface area contributed by atoms with Crippen LogP contribution in [-0.2, 0) is 14.4 Å². The first-order valence-electron chi connectivity index (χ1n) is 16.2. The number of rotatable bonds is 22. The van der Waals surface area contributed by atoms with Crippen molar-refractivity contribution in [3.8, 4) is 0 Å². The molecule has 1 aliphatic rings. The fraction of sp³-hybridized carbons (Fsp3) is 0.970. The molecule has 0 radical (unpaired) electrons. The van der Waals surface area contributed by atoms with Crippen LogP contribution in [0.3, 0.4) is 0 Å². The van der Waals surface area contributed by atoms with Gasteiger partial charge in [-0.2, -0.15) is 5.06 Å². The number of hydrogen-bond donors (Lipinski definition) is 1. The summed E-state index contributed by atoms with van der Waals surface area (Å²) in [5, 5.41) is 12.1. The van der Waals surface area contributed by atoms with E-state index in [0.29, 0.717) is 6.42 Å². The van der Waals surface area contributed by atoms with E-state index in [9.17, 15) is 9.90 Å². The first-order chi connectivity index (χ1) is 17.9. The summed E-state index contributed by atoms with van der Waals surface area (Å²) >= 11 is 0. The lowest BCUT2D eigenvalue weighted by atomic mass is 9.80. The first-order valence-corrected chi connectivity index (χ1v) is 16.2. The maximum atomic E-state index is 12.5. The van der Waals surface area contributed by atoms with Crippen LogP contribution in [0, 0.1) is 0 Å². The second-order valence-corrected chi connectivity index (χ2v) is 13.9. The second kappa shape index (κ2) is 18.7. The summed E-state index contributed by atoms with van der Waals surface area (Å²) in [6, 6.07) is 0. The number of nitrogens with zero attached hydrogens (tertiary/aromatic N) is 1. The highest BCUT2D eigenvalue weighted by molar-refractivity contribution is 5.69. The van der Waals surface area contributed by atoms with Gasteiger partial charge in [-0.05, 0) is 48.0 Å². The van der Waals surface area contributed by atoms with Crippen LogP contribution in [0.1, 0.15) is 177 Å². The molecule has 1 aliphatic heterocycles. The number of unbranched alkanes of at least 4 members (excludes halogenated alkanes) is 16. The standard InChI is InChI=1S/C33H65NO4/c1-8-9-10-11-12-13-14-15-16-17-18-19-20-21-22-23-24-25-30(35)38-29-26-31(2,3)34(32(4,5)27-29)37-28-33(6,7)36/h29,36H,8-28H2,1-7H3. The Morgan fingerprint density at radius 3 is 1.47 bits per heavy atom. The van der Waals surface area contributed by atoms with Gasteiger partial charge in [0.25, 0.3) is 0 Å². The minimum absolute atomic E-state index is 0.0616. The molecule has 0 unspecified atom stereocenters. The maximum Gasteiger partial charge on any atom is 0.306 e. The quantitative estimate of drug-likeness (QED) is 0.110. The van der Waals surface area contributed by atoms with Crippen LogP contribution in [0.2, 0.25) is 0 Å². The molecule has 1 saturated heterocycles. The highest BCUT2D eigenvalue weighted by Crippen LogP contribution is 2.40. The zero-order chi connectivity index (χ0) is 28.5. The number of carbonyl (C=O) groups is 1. The number of piperidine rings is 1. The van der Waals surface area contributed by atoms with Crippen LogP contribution in [0.25, 0.3) is 0 Å². The number of aliphatic hydroxyl groups is 1. The van der Waals surface area contributed by atoms with Crippen molar-refractivity contribution in [2.45, 2.75) is 200 Å². The molecule has 226 valence electrons. The number of hydrogen-bond acceptors (Lipinski definition) is 5. The van der Waals surface area contributed by atoms with Crippen LogP contribution in [0.4, 0.5) is 0 Å². The Bertz CT molecular complexity index is 593. The molecule has 5 nitrogen and oxygen atoms in total. The predicted molar refractivity (Wildman–Crippen MR) is 160 cm³/mol. The molecule has 1 N–H and O–H groups in total. The van der Waals surface area contributed by atoms with Gasteiger partial charge in [0.05, 0.1) is 12.2 Å². The SMILES string of the molecule is CCCCCCCCCCCCCCCCCCCC(=O)OC1CC(C)(C)N(OCC(C)(C)O)C(C)(C)C1. The third-order valence-corrected chi connectivity index (χ3v) is 7.88. The summed E-state index contributed by atoms with van der Waals surface area (Å²) in [6.45, 7) is 14.5. The summed E-state index contributed by atoms with van der Waals surface area (Å²) in [5.41, 5.74) is -1.46. The lowest BCUT2D eigenvalue weighted by Gasteiger charge is -2.53. The molecule has 0 saturated carbocycles. The zero-order valence-electron chi connectivity index (χ0n) is 26.5. The highest BCUT2D eigenvalue weighted by atomic mass is 16.7. The molecule has 38 heavy (non-hydrogen) atoms. The minimum atomic E-state index is -0.887. The van der Waals surface area contributed by atoms with Gasteiger partial charge in [0.1, 0.15) is 6.10 Å². The predicted octanol–water partition coefficient (Wildman–Crippen LogP) is 9.30.